The molecule has 2 atom stereocenters. The smallest absolute Gasteiger partial charge is 0.308 e. The van der Waals surface area contributed by atoms with Gasteiger partial charge in [0.05, 0.1) is 11.5 Å². The molecule has 132 valence electrons. The number of amides is 1. The first-order chi connectivity index (χ1) is 12.5. The number of hydrogen-bond donors (Lipinski definition) is 1. The van der Waals surface area contributed by atoms with Gasteiger partial charge in [0.2, 0.25) is 0 Å². The molecular formula is C19H18N4O3. The third-order valence-corrected chi connectivity index (χ3v) is 4.97. The predicted molar refractivity (Wildman–Crippen MR) is 93.9 cm³/mol. The summed E-state index contributed by atoms with van der Waals surface area (Å²) in [5.74, 6) is -1.18. The summed E-state index contributed by atoms with van der Waals surface area (Å²) in [6.07, 6.45) is 1.71. The largest absolute Gasteiger partial charge is 0.481 e. The van der Waals surface area contributed by atoms with Crippen molar-refractivity contribution in [3.63, 3.8) is 0 Å². The van der Waals surface area contributed by atoms with Crippen LogP contribution in [0.3, 0.4) is 0 Å². The zero-order valence-corrected chi connectivity index (χ0v) is 14.2. The normalized spacial score (nSPS) is 19.8. The molecule has 26 heavy (non-hydrogen) atoms. The van der Waals surface area contributed by atoms with Crippen molar-refractivity contribution >= 4 is 17.5 Å². The molecule has 1 fully saturated rings. The van der Waals surface area contributed by atoms with E-state index in [1.54, 1.807) is 27.6 Å². The van der Waals surface area contributed by atoms with Gasteiger partial charge in [-0.1, -0.05) is 30.3 Å². The molecule has 1 aliphatic heterocycles. The Morgan fingerprint density at radius 2 is 1.85 bits per heavy atom. The van der Waals surface area contributed by atoms with Gasteiger partial charge in [-0.2, -0.15) is 0 Å². The number of nitrogens with zero attached hydrogens (tertiary/aromatic N) is 4. The quantitative estimate of drug-likeness (QED) is 0.780. The van der Waals surface area contributed by atoms with Crippen LogP contribution in [0.4, 0.5) is 0 Å². The minimum absolute atomic E-state index is 0.176. The lowest BCUT2D eigenvalue weighted by molar-refractivity contribution is -0.141. The van der Waals surface area contributed by atoms with Gasteiger partial charge in [-0.25, -0.2) is 0 Å². The number of aromatic nitrogens is 3. The maximum absolute atomic E-state index is 12.9. The molecule has 0 unspecified atom stereocenters. The number of benzene rings is 1. The molecule has 1 aromatic carbocycles. The van der Waals surface area contributed by atoms with Gasteiger partial charge >= 0.3 is 5.97 Å². The van der Waals surface area contributed by atoms with E-state index in [4.69, 9.17) is 0 Å². The van der Waals surface area contributed by atoms with Crippen LogP contribution in [0.5, 0.6) is 0 Å². The molecule has 0 bridgehead atoms. The van der Waals surface area contributed by atoms with Gasteiger partial charge in [-0.3, -0.25) is 14.0 Å². The van der Waals surface area contributed by atoms with Gasteiger partial charge in [0, 0.05) is 25.2 Å². The molecule has 1 N–H and O–H groups in total. The first kappa shape index (κ1) is 16.3. The Hall–Kier alpha value is -3.22. The second-order valence-corrected chi connectivity index (χ2v) is 6.57. The number of fused-ring (bicyclic) bond motifs is 1. The number of likely N-dealkylation sites (tertiary alicyclic amines) is 1. The Bertz CT molecular complexity index is 983. The number of pyridine rings is 1. The van der Waals surface area contributed by atoms with Gasteiger partial charge < -0.3 is 10.0 Å². The lowest BCUT2D eigenvalue weighted by atomic mass is 9.89. The fourth-order valence-corrected chi connectivity index (χ4v) is 3.57. The van der Waals surface area contributed by atoms with E-state index in [-0.39, 0.29) is 18.4 Å². The molecule has 0 radical (unpaired) electrons. The number of carboxylic acid groups (broad SMARTS) is 1. The standard InChI is InChI=1S/C19H18N4O3/c1-12-20-21-17-8-7-14(9-23(12)17)18(24)22-10-15(16(11-22)19(25)26)13-5-3-2-4-6-13/h2-9,15-16H,10-11H2,1H3,(H,25,26)/t15-,16-/m0/s1. The predicted octanol–water partition coefficient (Wildman–Crippen LogP) is 1.98. The van der Waals surface area contributed by atoms with Crippen LogP contribution >= 0.6 is 0 Å². The van der Waals surface area contributed by atoms with Crippen LogP contribution in [0.15, 0.2) is 48.7 Å². The van der Waals surface area contributed by atoms with Crippen LogP contribution < -0.4 is 0 Å². The maximum atomic E-state index is 12.9. The first-order valence-corrected chi connectivity index (χ1v) is 8.43. The van der Waals surface area contributed by atoms with Crippen LogP contribution in [-0.2, 0) is 4.79 Å². The van der Waals surface area contributed by atoms with Crippen molar-refractivity contribution in [3.05, 3.63) is 65.6 Å². The summed E-state index contributed by atoms with van der Waals surface area (Å²) in [6.45, 7) is 2.40. The van der Waals surface area contributed by atoms with Crippen LogP contribution in [-0.4, -0.2) is 49.6 Å². The summed E-state index contributed by atoms with van der Waals surface area (Å²) in [4.78, 5) is 26.3. The highest BCUT2D eigenvalue weighted by atomic mass is 16.4. The van der Waals surface area contributed by atoms with E-state index in [0.717, 1.165) is 5.56 Å². The molecule has 0 spiro atoms. The van der Waals surface area contributed by atoms with Crippen molar-refractivity contribution in [1.82, 2.24) is 19.5 Å². The third kappa shape index (κ3) is 2.71. The molecular weight excluding hydrogens is 332 g/mol. The minimum atomic E-state index is -0.876. The van der Waals surface area contributed by atoms with Crippen molar-refractivity contribution in [3.8, 4) is 0 Å². The Labute approximate surface area is 149 Å². The zero-order valence-electron chi connectivity index (χ0n) is 14.2. The molecule has 3 heterocycles. The molecule has 0 saturated carbocycles. The van der Waals surface area contributed by atoms with E-state index in [2.05, 4.69) is 10.2 Å². The van der Waals surface area contributed by atoms with Gasteiger partial charge in [-0.15, -0.1) is 10.2 Å². The fourth-order valence-electron chi connectivity index (χ4n) is 3.57. The van der Waals surface area contributed by atoms with Gasteiger partial charge in [0.1, 0.15) is 5.82 Å². The second-order valence-electron chi connectivity index (χ2n) is 6.57. The summed E-state index contributed by atoms with van der Waals surface area (Å²) >= 11 is 0. The van der Waals surface area contributed by atoms with Crippen molar-refractivity contribution in [1.29, 1.82) is 0 Å². The average molecular weight is 350 g/mol. The number of hydrogen-bond acceptors (Lipinski definition) is 4. The Kier molecular flexibility index (Phi) is 3.91. The lowest BCUT2D eigenvalue weighted by Gasteiger charge is -2.16. The number of carbonyl (C=O) groups excluding carboxylic acids is 1. The van der Waals surface area contributed by atoms with E-state index in [9.17, 15) is 14.7 Å². The van der Waals surface area contributed by atoms with Crippen LogP contribution in [0.2, 0.25) is 0 Å². The van der Waals surface area contributed by atoms with E-state index >= 15 is 0 Å². The zero-order chi connectivity index (χ0) is 18.3. The average Bonchev–Trinajstić information content (AvgIpc) is 3.26. The fraction of sp³-hybridized carbons (Fsp3) is 0.263. The molecule has 4 rings (SSSR count). The molecule has 1 amide bonds. The molecule has 2 aromatic heterocycles. The molecule has 1 aliphatic rings. The Balaban J connectivity index is 1.63. The Morgan fingerprint density at radius 1 is 1.08 bits per heavy atom. The Morgan fingerprint density at radius 3 is 2.58 bits per heavy atom. The van der Waals surface area contributed by atoms with Gasteiger partial charge in [0.25, 0.3) is 5.91 Å². The summed E-state index contributed by atoms with van der Waals surface area (Å²) in [5.41, 5.74) is 2.12. The third-order valence-electron chi connectivity index (χ3n) is 4.97. The van der Waals surface area contributed by atoms with Crippen LogP contribution in [0.1, 0.15) is 27.7 Å². The van der Waals surface area contributed by atoms with Crippen LogP contribution in [0, 0.1) is 12.8 Å². The first-order valence-electron chi connectivity index (χ1n) is 8.43. The highest BCUT2D eigenvalue weighted by Crippen LogP contribution is 2.33. The second kappa shape index (κ2) is 6.25. The SMILES string of the molecule is Cc1nnc2ccc(C(=O)N3C[C@H](C(=O)O)[C@H](c4ccccc4)C3)cn12. The van der Waals surface area contributed by atoms with E-state index in [0.29, 0.717) is 23.6 Å². The number of rotatable bonds is 3. The molecule has 1 saturated heterocycles. The summed E-state index contributed by atoms with van der Waals surface area (Å²) in [7, 11) is 0. The topological polar surface area (TPSA) is 87.8 Å². The van der Waals surface area contributed by atoms with E-state index in [1.807, 2.05) is 37.3 Å². The van der Waals surface area contributed by atoms with Crippen molar-refractivity contribution in [2.24, 2.45) is 5.92 Å². The molecule has 3 aromatic rings. The minimum Gasteiger partial charge on any atom is -0.481 e. The van der Waals surface area contributed by atoms with Crippen molar-refractivity contribution in [2.75, 3.05) is 13.1 Å². The maximum Gasteiger partial charge on any atom is 0.308 e. The van der Waals surface area contributed by atoms with Crippen molar-refractivity contribution < 1.29 is 14.7 Å². The highest BCUT2D eigenvalue weighted by molar-refractivity contribution is 5.95. The number of carbonyl (C=O) groups is 2. The van der Waals surface area contributed by atoms with Gasteiger partial charge in [-0.05, 0) is 24.6 Å². The molecule has 0 aliphatic carbocycles. The van der Waals surface area contributed by atoms with Crippen LogP contribution in [0.25, 0.3) is 5.65 Å². The highest BCUT2D eigenvalue weighted by Gasteiger charge is 2.40. The monoisotopic (exact) mass is 350 g/mol. The number of aryl methyl sites for hydroxylation is 1. The number of aliphatic carboxylic acids is 1. The van der Waals surface area contributed by atoms with E-state index < -0.39 is 11.9 Å². The summed E-state index contributed by atoms with van der Waals surface area (Å²) in [6, 6.07) is 13.0. The van der Waals surface area contributed by atoms with Crippen molar-refractivity contribution in [2.45, 2.75) is 12.8 Å². The lowest BCUT2D eigenvalue weighted by Crippen LogP contribution is -2.30. The molecule has 7 heteroatoms. The summed E-state index contributed by atoms with van der Waals surface area (Å²) < 4.78 is 1.76. The molecule has 7 nitrogen and oxygen atoms in total. The number of carboxylic acids is 1. The van der Waals surface area contributed by atoms with E-state index in [1.165, 1.54) is 0 Å². The van der Waals surface area contributed by atoms with Gasteiger partial charge in [0.15, 0.2) is 5.65 Å². The summed E-state index contributed by atoms with van der Waals surface area (Å²) in [5, 5.41) is 17.6.